The molecular formula is C22H23NO5. The number of rotatable bonds is 6. The minimum absolute atomic E-state index is 0.0833. The average Bonchev–Trinajstić information content (AvgIpc) is 3.36. The number of esters is 1. The van der Waals surface area contributed by atoms with Crippen LogP contribution < -0.4 is 0 Å². The number of allylic oxidation sites excluding steroid dienone is 2. The number of hydrogen-bond donors (Lipinski definition) is 0. The van der Waals surface area contributed by atoms with Gasteiger partial charge in [-0.1, -0.05) is 56.3 Å². The van der Waals surface area contributed by atoms with Crippen molar-refractivity contribution < 1.29 is 23.9 Å². The molecule has 5 atom stereocenters. The van der Waals surface area contributed by atoms with Crippen molar-refractivity contribution in [2.45, 2.75) is 26.3 Å². The number of likely N-dealkylation sites (tertiary alicyclic amines) is 1. The Morgan fingerprint density at radius 3 is 2.14 bits per heavy atom. The van der Waals surface area contributed by atoms with Gasteiger partial charge in [-0.2, -0.15) is 0 Å². The second-order valence-corrected chi connectivity index (χ2v) is 8.13. The molecule has 0 unspecified atom stereocenters. The molecule has 1 saturated carbocycles. The standard InChI is InChI=1S/C22H23NO5/c1-12(2)19(22(27)28-11-16(24)13-6-4-3-5-7-13)23-20(25)17-14-8-9-15(10-14)18(17)21(23)26/h3-9,12,14-15,17-19H,10-11H2,1-2H3/t14-,15-,17-,18-,19+/m0/s1. The van der Waals surface area contributed by atoms with Crippen LogP contribution in [0.3, 0.4) is 0 Å². The van der Waals surface area contributed by atoms with E-state index in [1.54, 1.807) is 44.2 Å². The maximum atomic E-state index is 13.0. The van der Waals surface area contributed by atoms with E-state index in [1.807, 2.05) is 12.2 Å². The molecule has 6 heteroatoms. The van der Waals surface area contributed by atoms with Crippen LogP contribution >= 0.6 is 0 Å². The molecule has 3 aliphatic rings. The number of nitrogens with zero attached hydrogens (tertiary/aromatic N) is 1. The van der Waals surface area contributed by atoms with E-state index >= 15 is 0 Å². The Kier molecular flexibility index (Phi) is 4.65. The SMILES string of the molecule is CC(C)[C@H](C(=O)OCC(=O)c1ccccc1)N1C(=O)[C@@H]2[C@@H](C1=O)[C@H]1C=C[C@H]2C1. The van der Waals surface area contributed by atoms with Gasteiger partial charge in [0.05, 0.1) is 11.8 Å². The molecule has 0 spiro atoms. The van der Waals surface area contributed by atoms with Gasteiger partial charge in [-0.3, -0.25) is 19.3 Å². The molecule has 2 bridgehead atoms. The smallest absolute Gasteiger partial charge is 0.330 e. The van der Waals surface area contributed by atoms with Crippen molar-refractivity contribution in [2.24, 2.45) is 29.6 Å². The number of hydrogen-bond acceptors (Lipinski definition) is 5. The molecule has 1 aromatic carbocycles. The van der Waals surface area contributed by atoms with Crippen molar-refractivity contribution in [3.63, 3.8) is 0 Å². The van der Waals surface area contributed by atoms with Crippen molar-refractivity contribution >= 4 is 23.6 Å². The van der Waals surface area contributed by atoms with Crippen molar-refractivity contribution in [2.75, 3.05) is 6.61 Å². The zero-order valence-electron chi connectivity index (χ0n) is 15.9. The van der Waals surface area contributed by atoms with Crippen molar-refractivity contribution in [3.05, 3.63) is 48.0 Å². The first kappa shape index (κ1) is 18.6. The van der Waals surface area contributed by atoms with Crippen LogP contribution in [0.1, 0.15) is 30.6 Å². The lowest BCUT2D eigenvalue weighted by Crippen LogP contribution is -2.50. The molecule has 1 aliphatic heterocycles. The second kappa shape index (κ2) is 7.00. The molecule has 0 N–H and O–H groups in total. The highest BCUT2D eigenvalue weighted by Crippen LogP contribution is 2.53. The third kappa shape index (κ3) is 2.87. The van der Waals surface area contributed by atoms with Crippen LogP contribution in [0.25, 0.3) is 0 Å². The summed E-state index contributed by atoms with van der Waals surface area (Å²) in [6, 6.07) is 7.54. The summed E-state index contributed by atoms with van der Waals surface area (Å²) < 4.78 is 5.23. The molecule has 1 saturated heterocycles. The van der Waals surface area contributed by atoms with Gasteiger partial charge in [0.2, 0.25) is 11.8 Å². The van der Waals surface area contributed by atoms with Gasteiger partial charge in [0.15, 0.2) is 12.4 Å². The Bertz CT molecular complexity index is 829. The fourth-order valence-electron chi connectivity index (χ4n) is 4.80. The van der Waals surface area contributed by atoms with E-state index in [9.17, 15) is 19.2 Å². The van der Waals surface area contributed by atoms with Gasteiger partial charge in [0.1, 0.15) is 6.04 Å². The molecule has 1 aromatic rings. The first-order chi connectivity index (χ1) is 13.4. The molecule has 4 rings (SSSR count). The number of amides is 2. The second-order valence-electron chi connectivity index (χ2n) is 8.13. The van der Waals surface area contributed by atoms with Gasteiger partial charge in [-0.15, -0.1) is 0 Å². The summed E-state index contributed by atoms with van der Waals surface area (Å²) in [5.41, 5.74) is 0.446. The predicted octanol–water partition coefficient (Wildman–Crippen LogP) is 2.24. The van der Waals surface area contributed by atoms with Crippen LogP contribution in [0.2, 0.25) is 0 Å². The third-order valence-corrected chi connectivity index (χ3v) is 6.10. The molecule has 0 radical (unpaired) electrons. The van der Waals surface area contributed by atoms with E-state index in [2.05, 4.69) is 0 Å². The maximum Gasteiger partial charge on any atom is 0.330 e. The lowest BCUT2D eigenvalue weighted by Gasteiger charge is -2.28. The van der Waals surface area contributed by atoms with Gasteiger partial charge >= 0.3 is 5.97 Å². The number of ketones is 1. The summed E-state index contributed by atoms with van der Waals surface area (Å²) in [5, 5.41) is 0. The number of carbonyl (C=O) groups excluding carboxylic acids is 4. The quantitative estimate of drug-likeness (QED) is 0.327. The number of ether oxygens (including phenoxy) is 1. The monoisotopic (exact) mass is 381 g/mol. The molecule has 2 aliphatic carbocycles. The summed E-state index contributed by atoms with van der Waals surface area (Å²) in [6.45, 7) is 3.13. The molecule has 0 aromatic heterocycles. The number of benzene rings is 1. The first-order valence-electron chi connectivity index (χ1n) is 9.70. The normalized spacial score (nSPS) is 28.8. The summed E-state index contributed by atoms with van der Waals surface area (Å²) in [4.78, 5) is 52.1. The first-order valence-corrected chi connectivity index (χ1v) is 9.70. The van der Waals surface area contributed by atoms with Crippen molar-refractivity contribution in [3.8, 4) is 0 Å². The van der Waals surface area contributed by atoms with Gasteiger partial charge in [-0.25, -0.2) is 4.79 Å². The Hall–Kier alpha value is -2.76. The molecule has 2 amide bonds. The highest BCUT2D eigenvalue weighted by Gasteiger charge is 2.61. The van der Waals surface area contributed by atoms with Crippen LogP contribution in [0.15, 0.2) is 42.5 Å². The Morgan fingerprint density at radius 2 is 1.61 bits per heavy atom. The molecule has 6 nitrogen and oxygen atoms in total. The van der Waals surface area contributed by atoms with Crippen molar-refractivity contribution in [1.82, 2.24) is 4.90 Å². The van der Waals surface area contributed by atoms with Crippen LogP contribution in [0.4, 0.5) is 0 Å². The van der Waals surface area contributed by atoms with E-state index in [-0.39, 0.29) is 47.2 Å². The van der Waals surface area contributed by atoms with E-state index in [1.165, 1.54) is 0 Å². The van der Waals surface area contributed by atoms with Crippen LogP contribution in [0.5, 0.6) is 0 Å². The van der Waals surface area contributed by atoms with E-state index < -0.39 is 18.6 Å². The van der Waals surface area contributed by atoms with E-state index in [0.717, 1.165) is 11.3 Å². The number of Topliss-reactive ketones (excluding diaryl/α,β-unsaturated/α-hetero) is 1. The fourth-order valence-corrected chi connectivity index (χ4v) is 4.80. The van der Waals surface area contributed by atoms with Gasteiger partial charge < -0.3 is 4.74 Å². The summed E-state index contributed by atoms with van der Waals surface area (Å²) in [5.74, 6) is -2.45. The fraction of sp³-hybridized carbons (Fsp3) is 0.455. The van der Waals surface area contributed by atoms with Gasteiger partial charge in [0, 0.05) is 5.56 Å². The van der Waals surface area contributed by atoms with E-state index in [4.69, 9.17) is 4.74 Å². The zero-order valence-corrected chi connectivity index (χ0v) is 15.9. The predicted molar refractivity (Wildman–Crippen MR) is 99.9 cm³/mol. The summed E-state index contributed by atoms with van der Waals surface area (Å²) in [7, 11) is 0. The highest BCUT2D eigenvalue weighted by atomic mass is 16.5. The molecule has 28 heavy (non-hydrogen) atoms. The topological polar surface area (TPSA) is 80.8 Å². The molecule has 146 valence electrons. The Balaban J connectivity index is 1.48. The highest BCUT2D eigenvalue weighted by molar-refractivity contribution is 6.09. The number of imide groups is 1. The van der Waals surface area contributed by atoms with Crippen molar-refractivity contribution in [1.29, 1.82) is 0 Å². The minimum atomic E-state index is -1.01. The number of fused-ring (bicyclic) bond motifs is 5. The van der Waals surface area contributed by atoms with Crippen LogP contribution in [-0.2, 0) is 19.1 Å². The van der Waals surface area contributed by atoms with Crippen LogP contribution in [0, 0.1) is 29.6 Å². The number of carbonyl (C=O) groups is 4. The van der Waals surface area contributed by atoms with Gasteiger partial charge in [-0.05, 0) is 24.2 Å². The van der Waals surface area contributed by atoms with E-state index in [0.29, 0.717) is 5.56 Å². The zero-order chi connectivity index (χ0) is 20.0. The average molecular weight is 381 g/mol. The van der Waals surface area contributed by atoms with Crippen LogP contribution in [-0.4, -0.2) is 41.1 Å². The summed E-state index contributed by atoms with van der Waals surface area (Å²) >= 11 is 0. The van der Waals surface area contributed by atoms with Gasteiger partial charge in [0.25, 0.3) is 0 Å². The lowest BCUT2D eigenvalue weighted by molar-refractivity contribution is -0.160. The maximum absolute atomic E-state index is 13.0. The largest absolute Gasteiger partial charge is 0.456 e. The molecule has 1 heterocycles. The Morgan fingerprint density at radius 1 is 1.04 bits per heavy atom. The third-order valence-electron chi connectivity index (χ3n) is 6.10. The summed E-state index contributed by atoms with van der Waals surface area (Å²) in [6.07, 6.45) is 4.87. The molecule has 2 fully saturated rings. The lowest BCUT2D eigenvalue weighted by atomic mass is 9.85. The molecular weight excluding hydrogens is 358 g/mol. The minimum Gasteiger partial charge on any atom is -0.456 e. The Labute approximate surface area is 163 Å².